The predicted octanol–water partition coefficient (Wildman–Crippen LogP) is 2.37. The van der Waals surface area contributed by atoms with Crippen LogP contribution in [0.2, 0.25) is 0 Å². The molecule has 2 fully saturated rings. The van der Waals surface area contributed by atoms with Gasteiger partial charge in [0, 0.05) is 45.4 Å². The standard InChI is InChI=1S/C17H30N2O.2C2H4O2/c1-14(2)5-4-6-15(3)7-8-19-10-16-9-18-11-17(16,12-19)13-20;2*1-2(3)4/h5,7,16,18,20H,4,6,8-13H2,1-3H3;2*1H3,(H,3,4)/b15-7+;;. The van der Waals surface area contributed by atoms with Crippen molar-refractivity contribution in [3.8, 4) is 0 Å². The van der Waals surface area contributed by atoms with Gasteiger partial charge in [-0.3, -0.25) is 14.5 Å². The lowest BCUT2D eigenvalue weighted by Gasteiger charge is -2.25. The molecule has 0 bridgehead atoms. The van der Waals surface area contributed by atoms with E-state index in [0.717, 1.165) is 59.4 Å². The van der Waals surface area contributed by atoms with E-state index in [1.54, 1.807) is 0 Å². The monoisotopic (exact) mass is 398 g/mol. The fourth-order valence-corrected chi connectivity index (χ4v) is 3.47. The molecule has 2 heterocycles. The molecule has 4 N–H and O–H groups in total. The Morgan fingerprint density at radius 2 is 1.68 bits per heavy atom. The number of aliphatic carboxylic acids is 2. The maximum Gasteiger partial charge on any atom is 0.300 e. The Bertz CT molecular complexity index is 535. The van der Waals surface area contributed by atoms with Gasteiger partial charge in [-0.2, -0.15) is 0 Å². The van der Waals surface area contributed by atoms with Crippen LogP contribution in [0.15, 0.2) is 23.3 Å². The molecule has 0 aromatic heterocycles. The lowest BCUT2D eigenvalue weighted by atomic mass is 9.82. The first kappa shape index (κ1) is 26.3. The summed E-state index contributed by atoms with van der Waals surface area (Å²) in [5.41, 5.74) is 3.02. The Morgan fingerprint density at radius 3 is 2.14 bits per heavy atom. The smallest absolute Gasteiger partial charge is 0.300 e. The largest absolute Gasteiger partial charge is 0.481 e. The Balaban J connectivity index is 0.000000776. The Kier molecular flexibility index (Phi) is 12.7. The van der Waals surface area contributed by atoms with Crippen LogP contribution in [0.3, 0.4) is 0 Å². The average molecular weight is 399 g/mol. The molecule has 2 aliphatic rings. The summed E-state index contributed by atoms with van der Waals surface area (Å²) in [5.74, 6) is -1.04. The van der Waals surface area contributed by atoms with Crippen LogP contribution in [-0.4, -0.2) is 71.5 Å². The minimum atomic E-state index is -0.833. The first-order valence-electron chi connectivity index (χ1n) is 9.74. The second-order valence-electron chi connectivity index (χ2n) is 7.95. The third-order valence-corrected chi connectivity index (χ3v) is 4.86. The third kappa shape index (κ3) is 11.2. The van der Waals surface area contributed by atoms with Gasteiger partial charge in [0.2, 0.25) is 0 Å². The van der Waals surface area contributed by atoms with E-state index in [-0.39, 0.29) is 5.41 Å². The van der Waals surface area contributed by atoms with E-state index >= 15 is 0 Å². The zero-order chi connectivity index (χ0) is 21.7. The van der Waals surface area contributed by atoms with Crippen LogP contribution in [0.4, 0.5) is 0 Å². The summed E-state index contributed by atoms with van der Waals surface area (Å²) in [7, 11) is 0. The summed E-state index contributed by atoms with van der Waals surface area (Å²) >= 11 is 0. The van der Waals surface area contributed by atoms with Gasteiger partial charge in [-0.1, -0.05) is 23.3 Å². The van der Waals surface area contributed by atoms with E-state index in [1.165, 1.54) is 11.1 Å². The first-order valence-corrected chi connectivity index (χ1v) is 9.74. The van der Waals surface area contributed by atoms with Gasteiger partial charge in [0.15, 0.2) is 0 Å². The van der Waals surface area contributed by atoms with E-state index in [9.17, 15) is 5.11 Å². The zero-order valence-electron chi connectivity index (χ0n) is 18.0. The van der Waals surface area contributed by atoms with Crippen molar-refractivity contribution >= 4 is 11.9 Å². The Morgan fingerprint density at radius 1 is 1.11 bits per heavy atom. The highest BCUT2D eigenvalue weighted by atomic mass is 16.4. The van der Waals surface area contributed by atoms with Gasteiger partial charge in [0.1, 0.15) is 0 Å². The number of carbonyl (C=O) groups is 2. The third-order valence-electron chi connectivity index (χ3n) is 4.86. The fourth-order valence-electron chi connectivity index (χ4n) is 3.47. The van der Waals surface area contributed by atoms with Crippen molar-refractivity contribution in [1.29, 1.82) is 0 Å². The molecule has 2 unspecified atom stereocenters. The molecule has 0 aliphatic carbocycles. The molecular weight excluding hydrogens is 360 g/mol. The molecule has 7 nitrogen and oxygen atoms in total. The van der Waals surface area contributed by atoms with Crippen molar-refractivity contribution in [3.63, 3.8) is 0 Å². The molecule has 28 heavy (non-hydrogen) atoms. The summed E-state index contributed by atoms with van der Waals surface area (Å²) < 4.78 is 0. The molecule has 0 saturated carbocycles. The van der Waals surface area contributed by atoms with E-state index < -0.39 is 11.9 Å². The summed E-state index contributed by atoms with van der Waals surface area (Å²) in [6.45, 7) is 14.3. The van der Waals surface area contributed by atoms with Crippen LogP contribution in [0.5, 0.6) is 0 Å². The van der Waals surface area contributed by atoms with Crippen molar-refractivity contribution in [2.75, 3.05) is 39.3 Å². The van der Waals surface area contributed by atoms with Crippen LogP contribution in [-0.2, 0) is 9.59 Å². The number of fused-ring (bicyclic) bond motifs is 1. The molecule has 162 valence electrons. The molecule has 0 radical (unpaired) electrons. The number of carboxylic acids is 2. The number of likely N-dealkylation sites (tertiary alicyclic amines) is 1. The predicted molar refractivity (Wildman–Crippen MR) is 111 cm³/mol. The number of nitrogens with one attached hydrogen (secondary N) is 1. The molecule has 7 heteroatoms. The molecule has 2 rings (SSSR count). The Labute approximate surface area is 169 Å². The second-order valence-corrected chi connectivity index (χ2v) is 7.95. The van der Waals surface area contributed by atoms with Crippen molar-refractivity contribution < 1.29 is 24.9 Å². The van der Waals surface area contributed by atoms with E-state index in [0.29, 0.717) is 12.5 Å². The highest BCUT2D eigenvalue weighted by molar-refractivity contribution is 5.63. The number of carboxylic acid groups (broad SMARTS) is 2. The maximum atomic E-state index is 9.70. The highest BCUT2D eigenvalue weighted by Gasteiger charge is 2.48. The van der Waals surface area contributed by atoms with Gasteiger partial charge in [0.25, 0.3) is 11.9 Å². The molecule has 0 spiro atoms. The van der Waals surface area contributed by atoms with Gasteiger partial charge in [-0.05, 0) is 46.1 Å². The lowest BCUT2D eigenvalue weighted by molar-refractivity contribution is -0.135. The number of aliphatic hydroxyl groups excluding tert-OH is 1. The van der Waals surface area contributed by atoms with Gasteiger partial charge in [-0.15, -0.1) is 0 Å². The highest BCUT2D eigenvalue weighted by Crippen LogP contribution is 2.38. The number of hydrogen-bond donors (Lipinski definition) is 4. The normalized spacial score (nSPS) is 23.6. The van der Waals surface area contributed by atoms with Gasteiger partial charge < -0.3 is 20.6 Å². The number of allylic oxidation sites excluding steroid dienone is 3. The molecule has 0 aromatic rings. The van der Waals surface area contributed by atoms with Crippen LogP contribution >= 0.6 is 0 Å². The van der Waals surface area contributed by atoms with Crippen molar-refractivity contribution in [2.24, 2.45) is 11.3 Å². The van der Waals surface area contributed by atoms with E-state index in [1.807, 2.05) is 0 Å². The Hall–Kier alpha value is -1.70. The van der Waals surface area contributed by atoms with Gasteiger partial charge >= 0.3 is 0 Å². The fraction of sp³-hybridized carbons (Fsp3) is 0.714. The summed E-state index contributed by atoms with van der Waals surface area (Å²) in [6.07, 6.45) is 7.00. The molecule has 2 atom stereocenters. The SMILES string of the molecule is CC(=O)O.CC(=O)O.CC(C)=CCC/C(C)=C/CN1CC2CNCC2(CO)C1. The number of rotatable bonds is 6. The second kappa shape index (κ2) is 13.5. The molecular formula is C21H38N2O5. The van der Waals surface area contributed by atoms with Crippen LogP contribution in [0.1, 0.15) is 47.5 Å². The maximum absolute atomic E-state index is 9.70. The van der Waals surface area contributed by atoms with Gasteiger partial charge in [0.05, 0.1) is 6.61 Å². The minimum absolute atomic E-state index is 0.129. The summed E-state index contributed by atoms with van der Waals surface area (Å²) in [5, 5.41) is 28.0. The molecule has 2 saturated heterocycles. The molecule has 0 aromatic carbocycles. The van der Waals surface area contributed by atoms with Crippen molar-refractivity contribution in [1.82, 2.24) is 10.2 Å². The summed E-state index contributed by atoms with van der Waals surface area (Å²) in [6, 6.07) is 0. The van der Waals surface area contributed by atoms with Crippen LogP contribution < -0.4 is 5.32 Å². The number of hydrogen-bond acceptors (Lipinski definition) is 5. The van der Waals surface area contributed by atoms with E-state index in [2.05, 4.69) is 43.1 Å². The minimum Gasteiger partial charge on any atom is -0.481 e. The number of nitrogens with zero attached hydrogens (tertiary/aromatic N) is 1. The quantitative estimate of drug-likeness (QED) is 0.509. The summed E-state index contributed by atoms with van der Waals surface area (Å²) in [4.78, 5) is 20.5. The van der Waals surface area contributed by atoms with Gasteiger partial charge in [-0.25, -0.2) is 0 Å². The lowest BCUT2D eigenvalue weighted by Crippen LogP contribution is -2.36. The first-order chi connectivity index (χ1) is 13.0. The van der Waals surface area contributed by atoms with Crippen molar-refractivity contribution in [2.45, 2.75) is 47.5 Å². The molecule has 2 aliphatic heterocycles. The number of aliphatic hydroxyl groups is 1. The topological polar surface area (TPSA) is 110 Å². The van der Waals surface area contributed by atoms with Crippen LogP contribution in [0, 0.1) is 11.3 Å². The zero-order valence-corrected chi connectivity index (χ0v) is 18.0. The van der Waals surface area contributed by atoms with Crippen LogP contribution in [0.25, 0.3) is 0 Å². The molecule has 0 amide bonds. The van der Waals surface area contributed by atoms with Crippen molar-refractivity contribution in [3.05, 3.63) is 23.3 Å². The van der Waals surface area contributed by atoms with E-state index in [4.69, 9.17) is 19.8 Å². The average Bonchev–Trinajstić information content (AvgIpc) is 3.08.